The van der Waals surface area contributed by atoms with E-state index in [0.717, 1.165) is 33.8 Å². The van der Waals surface area contributed by atoms with Gasteiger partial charge in [-0.1, -0.05) is 188 Å². The molecule has 3 aliphatic rings. The summed E-state index contributed by atoms with van der Waals surface area (Å²) in [5, 5.41) is 3.93. The van der Waals surface area contributed by atoms with Crippen LogP contribution >= 0.6 is 0 Å². The Labute approximate surface area is 337 Å². The monoisotopic (exact) mass is 740 g/mol. The van der Waals surface area contributed by atoms with Crippen LogP contribution in [0.15, 0.2) is 206 Å². The molecule has 12 rings (SSSR count). The Morgan fingerprint density at radius 2 is 0.983 bits per heavy atom. The van der Waals surface area contributed by atoms with E-state index < -0.39 is 5.41 Å². The van der Waals surface area contributed by atoms with Crippen molar-refractivity contribution in [1.82, 2.24) is 9.97 Å². The second-order valence-electron chi connectivity index (χ2n) is 15.3. The van der Waals surface area contributed by atoms with Crippen LogP contribution in [0.1, 0.15) is 34.0 Å². The van der Waals surface area contributed by atoms with Crippen LogP contribution in [0.4, 0.5) is 17.1 Å². The van der Waals surface area contributed by atoms with Crippen molar-refractivity contribution >= 4 is 17.1 Å². The molecule has 2 aliphatic heterocycles. The van der Waals surface area contributed by atoms with Gasteiger partial charge in [0, 0.05) is 22.4 Å². The summed E-state index contributed by atoms with van der Waals surface area (Å²) in [5.41, 5.74) is 19.5. The molecule has 4 nitrogen and oxygen atoms in total. The summed E-state index contributed by atoms with van der Waals surface area (Å²) in [7, 11) is 0. The van der Waals surface area contributed by atoms with Crippen molar-refractivity contribution in [2.45, 2.75) is 11.6 Å². The van der Waals surface area contributed by atoms with Crippen molar-refractivity contribution in [3.63, 3.8) is 0 Å². The van der Waals surface area contributed by atoms with Crippen LogP contribution in [0.2, 0.25) is 0 Å². The van der Waals surface area contributed by atoms with Crippen molar-refractivity contribution < 1.29 is 0 Å². The fraction of sp³-hybridized carbons (Fsp3) is 0.0370. The normalized spacial score (nSPS) is 16.6. The van der Waals surface area contributed by atoms with E-state index in [1.165, 1.54) is 61.4 Å². The molecule has 0 bridgehead atoms. The molecule has 1 aromatic heterocycles. The Balaban J connectivity index is 1.02. The lowest BCUT2D eigenvalue weighted by Crippen LogP contribution is -2.37. The van der Waals surface area contributed by atoms with Gasteiger partial charge in [0.05, 0.1) is 28.2 Å². The maximum absolute atomic E-state index is 5.11. The fourth-order valence-electron chi connectivity index (χ4n) is 9.87. The largest absolute Gasteiger partial charge is 0.359 e. The number of hydrogen-bond acceptors (Lipinski definition) is 4. The minimum absolute atomic E-state index is 0.0146. The number of aromatic nitrogens is 2. The summed E-state index contributed by atoms with van der Waals surface area (Å²) < 4.78 is 0. The molecule has 0 saturated heterocycles. The first-order chi connectivity index (χ1) is 28.8. The summed E-state index contributed by atoms with van der Waals surface area (Å²) >= 11 is 0. The van der Waals surface area contributed by atoms with Gasteiger partial charge in [-0.05, 0) is 68.3 Å². The molecule has 1 aliphatic carbocycles. The third-order valence-corrected chi connectivity index (χ3v) is 12.3. The van der Waals surface area contributed by atoms with Gasteiger partial charge in [-0.15, -0.1) is 0 Å². The van der Waals surface area contributed by atoms with Gasteiger partial charge in [0.1, 0.15) is 6.17 Å². The molecular formula is C54H36N4. The van der Waals surface area contributed by atoms with E-state index in [2.05, 4.69) is 192 Å². The predicted octanol–water partition coefficient (Wildman–Crippen LogP) is 13.1. The molecule has 3 heterocycles. The van der Waals surface area contributed by atoms with Gasteiger partial charge in [-0.25, -0.2) is 9.97 Å². The van der Waals surface area contributed by atoms with Crippen molar-refractivity contribution in [3.05, 3.63) is 234 Å². The molecular weight excluding hydrogens is 705 g/mol. The maximum Gasteiger partial charge on any atom is 0.160 e. The highest BCUT2D eigenvalue weighted by Gasteiger charge is 2.54. The minimum Gasteiger partial charge on any atom is -0.359 e. The standard InChI is InChI=1S/C54H36N4/c1-4-16-36(17-5-1)47-34-48(56-52(55-47)38-18-6-2-7-19-38)37-32-30-35(31-33-37)40-23-14-26-44-50(40)41-22-10-11-24-42(41)54(44)43-25-12-13-29-49(43)58-51-45(54)27-15-28-46(51)57-53(58)39-20-8-3-9-21-39/h1-34,53,57H. The molecule has 0 amide bonds. The van der Waals surface area contributed by atoms with Crippen LogP contribution in [-0.2, 0) is 5.41 Å². The van der Waals surface area contributed by atoms with E-state index in [9.17, 15) is 0 Å². The molecule has 2 atom stereocenters. The topological polar surface area (TPSA) is 41.0 Å². The van der Waals surface area contributed by atoms with Crippen LogP contribution in [-0.4, -0.2) is 9.97 Å². The zero-order valence-corrected chi connectivity index (χ0v) is 31.5. The Kier molecular flexibility index (Phi) is 7.17. The Bertz CT molecular complexity index is 2980. The highest BCUT2D eigenvalue weighted by Crippen LogP contribution is 2.66. The number of rotatable bonds is 5. The SMILES string of the molecule is c1ccc(-c2cc(-c3ccc(-c4cccc5c4-c4ccccc4C54c5ccccc5N5c6c(cccc64)NC5c4ccccc4)cc3)nc(-c3ccccc3)n2)cc1. The number of benzene rings is 8. The first-order valence-electron chi connectivity index (χ1n) is 20.0. The van der Waals surface area contributed by atoms with E-state index in [1.54, 1.807) is 0 Å². The fourth-order valence-corrected chi connectivity index (χ4v) is 9.87. The Hall–Kier alpha value is -7.56. The molecule has 2 unspecified atom stereocenters. The number of para-hydroxylation sites is 2. The average Bonchev–Trinajstić information content (AvgIpc) is 3.84. The summed E-state index contributed by atoms with van der Waals surface area (Å²) in [6.07, 6.45) is -0.0146. The van der Waals surface area contributed by atoms with Gasteiger partial charge in [0.15, 0.2) is 5.82 Å². The van der Waals surface area contributed by atoms with Gasteiger partial charge in [-0.2, -0.15) is 0 Å². The zero-order chi connectivity index (χ0) is 38.2. The van der Waals surface area contributed by atoms with Crippen LogP contribution in [0.5, 0.6) is 0 Å². The van der Waals surface area contributed by atoms with Gasteiger partial charge < -0.3 is 10.2 Å². The molecule has 0 saturated carbocycles. The summed E-state index contributed by atoms with van der Waals surface area (Å²) in [6.45, 7) is 0. The lowest BCUT2D eigenvalue weighted by molar-refractivity contribution is 0.720. The Morgan fingerprint density at radius 1 is 0.431 bits per heavy atom. The van der Waals surface area contributed by atoms with E-state index in [-0.39, 0.29) is 6.17 Å². The molecule has 4 heteroatoms. The lowest BCUT2D eigenvalue weighted by atomic mass is 9.64. The minimum atomic E-state index is -0.504. The summed E-state index contributed by atoms with van der Waals surface area (Å²) in [4.78, 5) is 12.7. The molecule has 1 N–H and O–H groups in total. The van der Waals surface area contributed by atoms with Crippen LogP contribution in [0.25, 0.3) is 56.2 Å². The first kappa shape index (κ1) is 32.7. The molecule has 8 aromatic carbocycles. The highest BCUT2D eigenvalue weighted by atomic mass is 15.3. The maximum atomic E-state index is 5.11. The van der Waals surface area contributed by atoms with E-state index in [0.29, 0.717) is 5.82 Å². The van der Waals surface area contributed by atoms with E-state index in [4.69, 9.17) is 9.97 Å². The van der Waals surface area contributed by atoms with Crippen molar-refractivity contribution in [2.24, 2.45) is 0 Å². The lowest BCUT2D eigenvalue weighted by Gasteiger charge is -2.44. The number of fused-ring (bicyclic) bond motifs is 9. The Morgan fingerprint density at radius 3 is 1.74 bits per heavy atom. The first-order valence-corrected chi connectivity index (χ1v) is 20.0. The van der Waals surface area contributed by atoms with Gasteiger partial charge in [-0.3, -0.25) is 0 Å². The van der Waals surface area contributed by atoms with Crippen molar-refractivity contribution in [3.8, 4) is 56.2 Å². The molecule has 0 fully saturated rings. The van der Waals surface area contributed by atoms with E-state index in [1.807, 2.05) is 24.3 Å². The number of hydrogen-bond donors (Lipinski definition) is 1. The molecule has 58 heavy (non-hydrogen) atoms. The molecule has 0 radical (unpaired) electrons. The molecule has 1 spiro atoms. The smallest absolute Gasteiger partial charge is 0.160 e. The third kappa shape index (κ3) is 4.69. The molecule has 272 valence electrons. The second-order valence-corrected chi connectivity index (χ2v) is 15.3. The highest BCUT2D eigenvalue weighted by molar-refractivity contribution is 6.01. The average molecular weight is 741 g/mol. The van der Waals surface area contributed by atoms with Gasteiger partial charge >= 0.3 is 0 Å². The number of nitrogens with one attached hydrogen (secondary N) is 1. The molecule has 9 aromatic rings. The van der Waals surface area contributed by atoms with Crippen LogP contribution in [0, 0.1) is 0 Å². The van der Waals surface area contributed by atoms with E-state index >= 15 is 0 Å². The van der Waals surface area contributed by atoms with Crippen molar-refractivity contribution in [1.29, 1.82) is 0 Å². The zero-order valence-electron chi connectivity index (χ0n) is 31.5. The van der Waals surface area contributed by atoms with Crippen molar-refractivity contribution in [2.75, 3.05) is 10.2 Å². The predicted molar refractivity (Wildman–Crippen MR) is 236 cm³/mol. The summed E-state index contributed by atoms with van der Waals surface area (Å²) in [5.74, 6) is 0.716. The third-order valence-electron chi connectivity index (χ3n) is 12.3. The number of anilines is 3. The summed E-state index contributed by atoms with van der Waals surface area (Å²) in [6, 6.07) is 74.3. The quantitative estimate of drug-likeness (QED) is 0.191. The van der Waals surface area contributed by atoms with Gasteiger partial charge in [0.2, 0.25) is 0 Å². The second kappa shape index (κ2) is 12.7. The van der Waals surface area contributed by atoms with Crippen LogP contribution < -0.4 is 10.2 Å². The van der Waals surface area contributed by atoms with Crippen LogP contribution in [0.3, 0.4) is 0 Å². The number of nitrogens with zero attached hydrogens (tertiary/aromatic N) is 3. The van der Waals surface area contributed by atoms with Gasteiger partial charge in [0.25, 0.3) is 0 Å².